The van der Waals surface area contributed by atoms with Gasteiger partial charge in [0.05, 0.1) is 29.6 Å². The molecule has 3 rings (SSSR count). The Balaban J connectivity index is 1.72. The van der Waals surface area contributed by atoms with E-state index in [4.69, 9.17) is 0 Å². The summed E-state index contributed by atoms with van der Waals surface area (Å²) in [5, 5.41) is 3.57. The van der Waals surface area contributed by atoms with Crippen LogP contribution in [-0.4, -0.2) is 23.1 Å². The first kappa shape index (κ1) is 13.5. The fraction of sp³-hybridized carbons (Fsp3) is 0.467. The predicted octanol–water partition coefficient (Wildman–Crippen LogP) is 2.73. The Kier molecular flexibility index (Phi) is 3.98. The standard InChI is InChI=1S/C15H20N4S/c1-11-15(20-10-18-11)9-19(2)14-8-16-6-5-12(14)7-17-13-3-4-13/h5-6,8,10,13,17H,3-4,7,9H2,1-2H3. The van der Waals surface area contributed by atoms with Gasteiger partial charge in [0, 0.05) is 30.7 Å². The molecule has 5 heteroatoms. The Bertz CT molecular complexity index is 577. The molecule has 20 heavy (non-hydrogen) atoms. The van der Waals surface area contributed by atoms with Crippen molar-refractivity contribution in [3.05, 3.63) is 40.1 Å². The van der Waals surface area contributed by atoms with E-state index in [-0.39, 0.29) is 0 Å². The van der Waals surface area contributed by atoms with Crippen LogP contribution in [0.4, 0.5) is 5.69 Å². The highest BCUT2D eigenvalue weighted by Gasteiger charge is 2.21. The van der Waals surface area contributed by atoms with Crippen molar-refractivity contribution in [3.63, 3.8) is 0 Å². The number of aromatic nitrogens is 2. The van der Waals surface area contributed by atoms with Crippen molar-refractivity contribution in [1.82, 2.24) is 15.3 Å². The molecule has 2 heterocycles. The number of nitrogens with zero attached hydrogens (tertiary/aromatic N) is 3. The lowest BCUT2D eigenvalue weighted by molar-refractivity contribution is 0.684. The summed E-state index contributed by atoms with van der Waals surface area (Å²) in [6.07, 6.45) is 6.46. The van der Waals surface area contributed by atoms with Crippen LogP contribution in [0.3, 0.4) is 0 Å². The SMILES string of the molecule is Cc1ncsc1CN(C)c1cnccc1CNC1CC1. The molecule has 1 saturated carbocycles. The van der Waals surface area contributed by atoms with Crippen LogP contribution in [0.15, 0.2) is 24.0 Å². The van der Waals surface area contributed by atoms with Crippen molar-refractivity contribution in [2.24, 2.45) is 0 Å². The highest BCUT2D eigenvalue weighted by molar-refractivity contribution is 7.09. The van der Waals surface area contributed by atoms with Crippen LogP contribution in [0.25, 0.3) is 0 Å². The van der Waals surface area contributed by atoms with Crippen LogP contribution < -0.4 is 10.2 Å². The summed E-state index contributed by atoms with van der Waals surface area (Å²) in [4.78, 5) is 12.2. The van der Waals surface area contributed by atoms with E-state index in [1.165, 1.54) is 29.0 Å². The first-order valence-corrected chi connectivity index (χ1v) is 7.88. The molecule has 0 bridgehead atoms. The van der Waals surface area contributed by atoms with Gasteiger partial charge in [-0.25, -0.2) is 4.98 Å². The van der Waals surface area contributed by atoms with Crippen molar-refractivity contribution < 1.29 is 0 Å². The second-order valence-corrected chi connectivity index (χ2v) is 6.32. The summed E-state index contributed by atoms with van der Waals surface area (Å²) in [6, 6.07) is 2.84. The number of nitrogens with one attached hydrogen (secondary N) is 1. The first-order chi connectivity index (χ1) is 9.74. The van der Waals surface area contributed by atoms with Crippen LogP contribution >= 0.6 is 11.3 Å². The van der Waals surface area contributed by atoms with E-state index in [0.717, 1.165) is 24.8 Å². The highest BCUT2D eigenvalue weighted by Crippen LogP contribution is 2.24. The molecular formula is C15H20N4S. The molecule has 1 fully saturated rings. The minimum Gasteiger partial charge on any atom is -0.368 e. The quantitative estimate of drug-likeness (QED) is 0.887. The van der Waals surface area contributed by atoms with Crippen LogP contribution in [-0.2, 0) is 13.1 Å². The fourth-order valence-electron chi connectivity index (χ4n) is 2.23. The predicted molar refractivity (Wildman–Crippen MR) is 83.1 cm³/mol. The Hall–Kier alpha value is -1.46. The second-order valence-electron chi connectivity index (χ2n) is 5.38. The van der Waals surface area contributed by atoms with E-state index in [0.29, 0.717) is 0 Å². The van der Waals surface area contributed by atoms with E-state index in [1.54, 1.807) is 11.3 Å². The third kappa shape index (κ3) is 3.16. The van der Waals surface area contributed by atoms with E-state index in [9.17, 15) is 0 Å². The molecule has 0 radical (unpaired) electrons. The fourth-order valence-corrected chi connectivity index (χ4v) is 3.06. The highest BCUT2D eigenvalue weighted by atomic mass is 32.1. The normalized spacial score (nSPS) is 14.5. The van der Waals surface area contributed by atoms with Gasteiger partial charge in [-0.3, -0.25) is 4.98 Å². The van der Waals surface area contributed by atoms with Crippen molar-refractivity contribution >= 4 is 17.0 Å². The second kappa shape index (κ2) is 5.89. The Morgan fingerprint density at radius 3 is 3.00 bits per heavy atom. The number of aryl methyl sites for hydroxylation is 1. The number of anilines is 1. The third-order valence-corrected chi connectivity index (χ3v) is 4.60. The summed E-state index contributed by atoms with van der Waals surface area (Å²) < 4.78 is 0. The van der Waals surface area contributed by atoms with Gasteiger partial charge in [-0.1, -0.05) is 0 Å². The number of rotatable bonds is 6. The van der Waals surface area contributed by atoms with Gasteiger partial charge in [0.1, 0.15) is 0 Å². The zero-order valence-electron chi connectivity index (χ0n) is 12.0. The van der Waals surface area contributed by atoms with E-state index in [1.807, 2.05) is 17.9 Å². The van der Waals surface area contributed by atoms with E-state index >= 15 is 0 Å². The maximum absolute atomic E-state index is 4.32. The van der Waals surface area contributed by atoms with Gasteiger partial charge in [0.15, 0.2) is 0 Å². The van der Waals surface area contributed by atoms with Gasteiger partial charge < -0.3 is 10.2 Å². The minimum atomic E-state index is 0.727. The molecule has 0 spiro atoms. The molecule has 0 aromatic carbocycles. The summed E-state index contributed by atoms with van der Waals surface area (Å²) in [7, 11) is 2.12. The van der Waals surface area contributed by atoms with Gasteiger partial charge in [-0.15, -0.1) is 11.3 Å². The van der Waals surface area contributed by atoms with Crippen molar-refractivity contribution in [2.45, 2.75) is 38.9 Å². The van der Waals surface area contributed by atoms with Gasteiger partial charge in [-0.05, 0) is 31.4 Å². The maximum Gasteiger partial charge on any atom is 0.0798 e. The lowest BCUT2D eigenvalue weighted by atomic mass is 10.2. The topological polar surface area (TPSA) is 41.1 Å². The van der Waals surface area contributed by atoms with Crippen LogP contribution in [0.1, 0.15) is 29.0 Å². The van der Waals surface area contributed by atoms with Crippen molar-refractivity contribution in [2.75, 3.05) is 11.9 Å². The molecule has 106 valence electrons. The Morgan fingerprint density at radius 2 is 2.30 bits per heavy atom. The monoisotopic (exact) mass is 288 g/mol. The molecular weight excluding hydrogens is 268 g/mol. The minimum absolute atomic E-state index is 0.727. The average molecular weight is 288 g/mol. The molecule has 2 aromatic heterocycles. The summed E-state index contributed by atoms with van der Waals surface area (Å²) in [5.74, 6) is 0. The average Bonchev–Trinajstić information content (AvgIpc) is 3.21. The molecule has 0 atom stereocenters. The zero-order chi connectivity index (χ0) is 13.9. The van der Waals surface area contributed by atoms with Gasteiger partial charge in [-0.2, -0.15) is 0 Å². The molecule has 1 aliphatic carbocycles. The third-order valence-electron chi connectivity index (χ3n) is 3.68. The molecule has 1 aliphatic rings. The number of pyridine rings is 1. The largest absolute Gasteiger partial charge is 0.368 e. The Labute approximate surface area is 123 Å². The number of thiazole rings is 1. The Morgan fingerprint density at radius 1 is 1.45 bits per heavy atom. The zero-order valence-corrected chi connectivity index (χ0v) is 12.8. The molecule has 0 amide bonds. The summed E-state index contributed by atoms with van der Waals surface area (Å²) in [5.41, 5.74) is 5.56. The van der Waals surface area contributed by atoms with Crippen molar-refractivity contribution in [1.29, 1.82) is 0 Å². The molecule has 0 saturated heterocycles. The molecule has 0 unspecified atom stereocenters. The van der Waals surface area contributed by atoms with E-state index in [2.05, 4.69) is 40.2 Å². The van der Waals surface area contributed by atoms with Crippen molar-refractivity contribution in [3.8, 4) is 0 Å². The van der Waals surface area contributed by atoms with Crippen LogP contribution in [0.5, 0.6) is 0 Å². The molecule has 4 nitrogen and oxygen atoms in total. The molecule has 2 aromatic rings. The maximum atomic E-state index is 4.32. The summed E-state index contributed by atoms with van der Waals surface area (Å²) >= 11 is 1.72. The van der Waals surface area contributed by atoms with Gasteiger partial charge in [0.2, 0.25) is 0 Å². The lowest BCUT2D eigenvalue weighted by Crippen LogP contribution is -2.21. The van der Waals surface area contributed by atoms with Gasteiger partial charge >= 0.3 is 0 Å². The number of hydrogen-bond donors (Lipinski definition) is 1. The lowest BCUT2D eigenvalue weighted by Gasteiger charge is -2.21. The van der Waals surface area contributed by atoms with Gasteiger partial charge in [0.25, 0.3) is 0 Å². The smallest absolute Gasteiger partial charge is 0.0798 e. The molecule has 0 aliphatic heterocycles. The first-order valence-electron chi connectivity index (χ1n) is 7.00. The van der Waals surface area contributed by atoms with E-state index < -0.39 is 0 Å². The number of hydrogen-bond acceptors (Lipinski definition) is 5. The van der Waals surface area contributed by atoms with Crippen LogP contribution in [0, 0.1) is 6.92 Å². The summed E-state index contributed by atoms with van der Waals surface area (Å²) in [6.45, 7) is 3.88. The molecule has 1 N–H and O–H groups in total. The van der Waals surface area contributed by atoms with Crippen LogP contribution in [0.2, 0.25) is 0 Å².